The van der Waals surface area contributed by atoms with Gasteiger partial charge in [0.1, 0.15) is 0 Å². The van der Waals surface area contributed by atoms with Crippen LogP contribution in [0.3, 0.4) is 0 Å². The van der Waals surface area contributed by atoms with Crippen LogP contribution in [0.25, 0.3) is 0 Å². The van der Waals surface area contributed by atoms with Crippen molar-refractivity contribution < 1.29 is 18.1 Å². The van der Waals surface area contributed by atoms with Crippen LogP contribution in [0.5, 0.6) is 0 Å². The molecule has 2 unspecified atom stereocenters. The summed E-state index contributed by atoms with van der Waals surface area (Å²) < 4.78 is 32.4. The molecule has 2 N–H and O–H groups in total. The number of hydrogen-bond donors (Lipinski definition) is 2. The van der Waals surface area contributed by atoms with Crippen molar-refractivity contribution in [2.24, 2.45) is 0 Å². The molecule has 0 saturated carbocycles. The van der Waals surface area contributed by atoms with Gasteiger partial charge in [0.2, 0.25) is 0 Å². The second-order valence-electron chi connectivity index (χ2n) is 7.10. The Kier molecular flexibility index (Phi) is 15.1. The SMILES string of the molecule is CCCCCCCCCC(CCCCCCC(O)CC)S(=O)(=O)O. The Bertz CT molecular complexity index is 368. The zero-order chi connectivity index (χ0) is 18.3. The highest BCUT2D eigenvalue weighted by atomic mass is 32.2. The highest BCUT2D eigenvalue weighted by molar-refractivity contribution is 7.86. The van der Waals surface area contributed by atoms with Gasteiger partial charge in [-0.25, -0.2) is 0 Å². The lowest BCUT2D eigenvalue weighted by Crippen LogP contribution is -2.20. The molecule has 0 aromatic heterocycles. The second kappa shape index (κ2) is 15.2. The van der Waals surface area contributed by atoms with E-state index in [0.717, 1.165) is 57.8 Å². The lowest BCUT2D eigenvalue weighted by Gasteiger charge is -2.14. The van der Waals surface area contributed by atoms with Gasteiger partial charge in [-0.3, -0.25) is 4.55 Å². The molecule has 4 nitrogen and oxygen atoms in total. The molecule has 0 heterocycles. The van der Waals surface area contributed by atoms with Crippen molar-refractivity contribution in [3.05, 3.63) is 0 Å². The molecule has 0 aromatic carbocycles. The summed E-state index contributed by atoms with van der Waals surface area (Å²) in [5.41, 5.74) is 0. The number of hydrogen-bond acceptors (Lipinski definition) is 3. The average Bonchev–Trinajstić information content (AvgIpc) is 2.53. The van der Waals surface area contributed by atoms with E-state index in [0.29, 0.717) is 12.8 Å². The second-order valence-corrected chi connectivity index (χ2v) is 8.80. The third-order valence-electron chi connectivity index (χ3n) is 4.84. The lowest BCUT2D eigenvalue weighted by atomic mass is 10.0. The molecule has 0 fully saturated rings. The Morgan fingerprint density at radius 1 is 0.708 bits per heavy atom. The summed E-state index contributed by atoms with van der Waals surface area (Å²) in [5, 5.41) is 8.90. The first-order valence-corrected chi connectivity index (χ1v) is 11.6. The van der Waals surface area contributed by atoms with Gasteiger partial charge < -0.3 is 5.11 Å². The maximum Gasteiger partial charge on any atom is 0.267 e. The van der Waals surface area contributed by atoms with E-state index in [-0.39, 0.29) is 6.10 Å². The third kappa shape index (κ3) is 14.2. The molecule has 0 aliphatic rings. The number of rotatable bonds is 17. The Labute approximate surface area is 150 Å². The van der Waals surface area contributed by atoms with E-state index in [2.05, 4.69) is 6.92 Å². The molecule has 0 amide bonds. The van der Waals surface area contributed by atoms with E-state index in [1.54, 1.807) is 0 Å². The maximum absolute atomic E-state index is 11.5. The minimum Gasteiger partial charge on any atom is -0.393 e. The van der Waals surface area contributed by atoms with Gasteiger partial charge in [0, 0.05) is 0 Å². The zero-order valence-corrected chi connectivity index (χ0v) is 16.7. The van der Waals surface area contributed by atoms with Crippen LogP contribution in [0.15, 0.2) is 0 Å². The maximum atomic E-state index is 11.5. The molecule has 5 heteroatoms. The normalized spacial score (nSPS) is 14.7. The van der Waals surface area contributed by atoms with E-state index >= 15 is 0 Å². The standard InChI is InChI=1S/C19H40O4S/c1-3-5-6-7-8-9-13-16-19(24(21,22)23)17-14-11-10-12-15-18(20)4-2/h18-20H,3-17H2,1-2H3,(H,21,22,23). The van der Waals surface area contributed by atoms with Crippen molar-refractivity contribution in [3.63, 3.8) is 0 Å². The average molecular weight is 365 g/mol. The molecule has 146 valence electrons. The largest absolute Gasteiger partial charge is 0.393 e. The summed E-state index contributed by atoms with van der Waals surface area (Å²) >= 11 is 0. The molecule has 0 aliphatic carbocycles. The molecule has 24 heavy (non-hydrogen) atoms. The molecule has 0 bridgehead atoms. The van der Waals surface area contributed by atoms with Crippen molar-refractivity contribution in [2.75, 3.05) is 0 Å². The van der Waals surface area contributed by atoms with Crippen LogP contribution in [0.4, 0.5) is 0 Å². The van der Waals surface area contributed by atoms with Crippen molar-refractivity contribution in [2.45, 2.75) is 122 Å². The van der Waals surface area contributed by atoms with Gasteiger partial charge in [-0.1, -0.05) is 84.5 Å². The van der Waals surface area contributed by atoms with Gasteiger partial charge in [-0.15, -0.1) is 0 Å². The fraction of sp³-hybridized carbons (Fsp3) is 1.00. The van der Waals surface area contributed by atoms with Gasteiger partial charge in [-0.05, 0) is 25.7 Å². The van der Waals surface area contributed by atoms with E-state index in [4.69, 9.17) is 0 Å². The van der Waals surface area contributed by atoms with Crippen LogP contribution >= 0.6 is 0 Å². The van der Waals surface area contributed by atoms with Crippen molar-refractivity contribution in [1.29, 1.82) is 0 Å². The smallest absolute Gasteiger partial charge is 0.267 e. The predicted octanol–water partition coefficient (Wildman–Crippen LogP) is 5.50. The van der Waals surface area contributed by atoms with Gasteiger partial charge >= 0.3 is 0 Å². The number of aliphatic hydroxyl groups is 1. The quantitative estimate of drug-likeness (QED) is 0.264. The molecule has 0 aromatic rings. The van der Waals surface area contributed by atoms with Crippen molar-refractivity contribution in [1.82, 2.24) is 0 Å². The summed E-state index contributed by atoms with van der Waals surface area (Å²) in [5.74, 6) is 0. The highest BCUT2D eigenvalue weighted by Gasteiger charge is 2.21. The first kappa shape index (κ1) is 23.9. The fourth-order valence-corrected chi connectivity index (χ4v) is 4.01. The molecule has 0 radical (unpaired) electrons. The van der Waals surface area contributed by atoms with Crippen molar-refractivity contribution >= 4 is 10.1 Å². The lowest BCUT2D eigenvalue weighted by molar-refractivity contribution is 0.156. The molecule has 0 aliphatic heterocycles. The van der Waals surface area contributed by atoms with Crippen LogP contribution in [-0.4, -0.2) is 29.4 Å². The Morgan fingerprint density at radius 2 is 1.12 bits per heavy atom. The van der Waals surface area contributed by atoms with E-state index in [1.807, 2.05) is 6.92 Å². The summed E-state index contributed by atoms with van der Waals surface area (Å²) in [7, 11) is -3.92. The van der Waals surface area contributed by atoms with Crippen LogP contribution in [0.1, 0.15) is 110 Å². The predicted molar refractivity (Wildman–Crippen MR) is 102 cm³/mol. The van der Waals surface area contributed by atoms with Gasteiger partial charge in [0.15, 0.2) is 0 Å². The number of unbranched alkanes of at least 4 members (excludes halogenated alkanes) is 9. The van der Waals surface area contributed by atoms with Crippen LogP contribution in [0, 0.1) is 0 Å². The molecule has 0 saturated heterocycles. The summed E-state index contributed by atoms with van der Waals surface area (Å²) in [6.45, 7) is 4.17. The summed E-state index contributed by atoms with van der Waals surface area (Å²) in [6, 6.07) is 0. The number of aliphatic hydroxyl groups excluding tert-OH is 1. The zero-order valence-electron chi connectivity index (χ0n) is 15.9. The van der Waals surface area contributed by atoms with Crippen LogP contribution in [0.2, 0.25) is 0 Å². The Morgan fingerprint density at radius 3 is 1.54 bits per heavy atom. The first-order chi connectivity index (χ1) is 11.4. The third-order valence-corrected chi connectivity index (χ3v) is 6.15. The highest BCUT2D eigenvalue weighted by Crippen LogP contribution is 2.19. The van der Waals surface area contributed by atoms with Gasteiger partial charge in [0.25, 0.3) is 10.1 Å². The van der Waals surface area contributed by atoms with Crippen LogP contribution < -0.4 is 0 Å². The fourth-order valence-electron chi connectivity index (χ4n) is 3.08. The van der Waals surface area contributed by atoms with Crippen molar-refractivity contribution in [3.8, 4) is 0 Å². The Hall–Kier alpha value is -0.130. The summed E-state index contributed by atoms with van der Waals surface area (Å²) in [6.07, 6.45) is 14.5. The van der Waals surface area contributed by atoms with E-state index < -0.39 is 15.4 Å². The van der Waals surface area contributed by atoms with Gasteiger partial charge in [0.05, 0.1) is 11.4 Å². The minimum atomic E-state index is -3.92. The van der Waals surface area contributed by atoms with Gasteiger partial charge in [-0.2, -0.15) is 8.42 Å². The molecule has 0 rings (SSSR count). The van der Waals surface area contributed by atoms with Crippen LogP contribution in [-0.2, 0) is 10.1 Å². The topological polar surface area (TPSA) is 74.6 Å². The van der Waals surface area contributed by atoms with E-state index in [1.165, 1.54) is 25.7 Å². The molecular weight excluding hydrogens is 324 g/mol. The molecule has 2 atom stereocenters. The van der Waals surface area contributed by atoms with E-state index in [9.17, 15) is 18.1 Å². The minimum absolute atomic E-state index is 0.201. The Balaban J connectivity index is 3.79. The molecule has 0 spiro atoms. The first-order valence-electron chi connectivity index (χ1n) is 10.1. The molecular formula is C19H40O4S. The summed E-state index contributed by atoms with van der Waals surface area (Å²) in [4.78, 5) is 0. The monoisotopic (exact) mass is 364 g/mol.